The first kappa shape index (κ1) is 60.6. The van der Waals surface area contributed by atoms with Gasteiger partial charge in [0.05, 0.1) is 6.61 Å². The molecule has 0 saturated carbocycles. The van der Waals surface area contributed by atoms with Crippen LogP contribution in [0.25, 0.3) is 0 Å². The van der Waals surface area contributed by atoms with Crippen LogP contribution < -0.4 is 0 Å². The average Bonchev–Trinajstić information content (AvgIpc) is 3.30. The standard InChI is InChI=1S/C59H98O5/c1-4-7-10-13-16-19-21-23-25-27-29-31-33-35-37-39-42-45-48-51-54-62-55-57(64-59(61)53-50-47-44-40-18-15-12-9-6-3)56-63-58(60)52-49-46-43-41-38-36-34-32-30-28-26-24-22-20-17-14-11-8-5-2/h7,10,16-17,19-20,23-26,29-32,35,37,42,45,57H,4-6,8-9,11-15,18,21-22,27-28,33-34,36,38-41,43-44,46-56H2,1-3H3/b10-7-,19-16-,20-17-,25-23-,26-24-,31-29-,32-30-,37-35-,45-42-. The summed E-state index contributed by atoms with van der Waals surface area (Å²) in [6.45, 7) is 7.51. The highest BCUT2D eigenvalue weighted by Gasteiger charge is 2.17. The molecule has 0 aromatic heterocycles. The summed E-state index contributed by atoms with van der Waals surface area (Å²) in [6, 6.07) is 0. The molecule has 364 valence electrons. The predicted molar refractivity (Wildman–Crippen MR) is 279 cm³/mol. The number of hydrogen-bond acceptors (Lipinski definition) is 5. The van der Waals surface area contributed by atoms with E-state index in [2.05, 4.69) is 130 Å². The zero-order valence-electron chi connectivity index (χ0n) is 41.8. The molecular weight excluding hydrogens is 789 g/mol. The van der Waals surface area contributed by atoms with E-state index >= 15 is 0 Å². The molecule has 0 heterocycles. The van der Waals surface area contributed by atoms with E-state index in [-0.39, 0.29) is 25.2 Å². The van der Waals surface area contributed by atoms with E-state index in [4.69, 9.17) is 14.2 Å². The summed E-state index contributed by atoms with van der Waals surface area (Å²) in [5.74, 6) is -0.450. The van der Waals surface area contributed by atoms with Crippen molar-refractivity contribution in [1.29, 1.82) is 0 Å². The maximum atomic E-state index is 12.7. The van der Waals surface area contributed by atoms with Crippen LogP contribution in [0.1, 0.15) is 226 Å². The van der Waals surface area contributed by atoms with Crippen LogP contribution in [0.4, 0.5) is 0 Å². The van der Waals surface area contributed by atoms with Crippen LogP contribution in [0.5, 0.6) is 0 Å². The molecule has 0 radical (unpaired) electrons. The van der Waals surface area contributed by atoms with Crippen molar-refractivity contribution in [2.45, 2.75) is 232 Å². The zero-order valence-corrected chi connectivity index (χ0v) is 41.8. The first-order valence-electron chi connectivity index (χ1n) is 26.4. The Morgan fingerprint density at radius 2 is 0.703 bits per heavy atom. The summed E-state index contributed by atoms with van der Waals surface area (Å²) in [5.41, 5.74) is 0. The van der Waals surface area contributed by atoms with E-state index in [0.717, 1.165) is 109 Å². The van der Waals surface area contributed by atoms with Crippen molar-refractivity contribution in [2.75, 3.05) is 19.8 Å². The van der Waals surface area contributed by atoms with Crippen LogP contribution in [-0.2, 0) is 23.8 Å². The lowest BCUT2D eigenvalue weighted by Gasteiger charge is -2.18. The Morgan fingerprint density at radius 3 is 1.16 bits per heavy atom. The van der Waals surface area contributed by atoms with Gasteiger partial charge in [-0.05, 0) is 103 Å². The lowest BCUT2D eigenvalue weighted by atomic mass is 10.1. The second-order valence-electron chi connectivity index (χ2n) is 17.0. The molecule has 0 bridgehead atoms. The fraction of sp³-hybridized carbons (Fsp3) is 0.661. The van der Waals surface area contributed by atoms with Gasteiger partial charge in [-0.1, -0.05) is 220 Å². The van der Waals surface area contributed by atoms with Gasteiger partial charge >= 0.3 is 11.9 Å². The Bertz CT molecular complexity index is 1280. The van der Waals surface area contributed by atoms with E-state index < -0.39 is 6.10 Å². The van der Waals surface area contributed by atoms with E-state index in [9.17, 15) is 9.59 Å². The summed E-state index contributed by atoms with van der Waals surface area (Å²) in [7, 11) is 0. The minimum atomic E-state index is -0.576. The lowest BCUT2D eigenvalue weighted by molar-refractivity contribution is -0.163. The maximum Gasteiger partial charge on any atom is 0.306 e. The third-order valence-electron chi connectivity index (χ3n) is 10.8. The average molecular weight is 887 g/mol. The van der Waals surface area contributed by atoms with Gasteiger partial charge in [0.1, 0.15) is 6.61 Å². The normalized spacial score (nSPS) is 13.1. The molecule has 0 aromatic rings. The van der Waals surface area contributed by atoms with Crippen LogP contribution in [-0.4, -0.2) is 37.9 Å². The molecule has 0 rings (SSSR count). The van der Waals surface area contributed by atoms with Gasteiger partial charge in [-0.2, -0.15) is 0 Å². The van der Waals surface area contributed by atoms with Crippen LogP contribution in [0, 0.1) is 0 Å². The number of hydrogen-bond donors (Lipinski definition) is 0. The van der Waals surface area contributed by atoms with Gasteiger partial charge < -0.3 is 14.2 Å². The van der Waals surface area contributed by atoms with Gasteiger partial charge in [0.2, 0.25) is 0 Å². The minimum Gasteiger partial charge on any atom is -0.462 e. The Labute approximate surface area is 395 Å². The molecule has 0 aliphatic rings. The van der Waals surface area contributed by atoms with Crippen molar-refractivity contribution >= 4 is 11.9 Å². The van der Waals surface area contributed by atoms with Gasteiger partial charge in [0.25, 0.3) is 0 Å². The van der Waals surface area contributed by atoms with Gasteiger partial charge in [-0.25, -0.2) is 0 Å². The number of carbonyl (C=O) groups is 2. The lowest BCUT2D eigenvalue weighted by Crippen LogP contribution is -2.30. The number of rotatable bonds is 47. The van der Waals surface area contributed by atoms with E-state index in [1.54, 1.807) is 0 Å². The van der Waals surface area contributed by atoms with Crippen LogP contribution in [0.2, 0.25) is 0 Å². The van der Waals surface area contributed by atoms with E-state index in [1.807, 2.05) is 0 Å². The Kier molecular flexibility index (Phi) is 51.0. The molecule has 1 unspecified atom stereocenters. The molecule has 0 aliphatic carbocycles. The van der Waals surface area contributed by atoms with E-state index in [0.29, 0.717) is 19.4 Å². The van der Waals surface area contributed by atoms with Crippen molar-refractivity contribution in [3.8, 4) is 0 Å². The predicted octanol–water partition coefficient (Wildman–Crippen LogP) is 18.0. The third kappa shape index (κ3) is 51.2. The Morgan fingerprint density at radius 1 is 0.359 bits per heavy atom. The fourth-order valence-electron chi connectivity index (χ4n) is 6.89. The number of unbranched alkanes of at least 4 members (excludes halogenated alkanes) is 18. The highest BCUT2D eigenvalue weighted by Crippen LogP contribution is 2.13. The second kappa shape index (κ2) is 53.9. The maximum absolute atomic E-state index is 12.7. The van der Waals surface area contributed by atoms with Gasteiger partial charge in [0.15, 0.2) is 6.10 Å². The smallest absolute Gasteiger partial charge is 0.306 e. The van der Waals surface area contributed by atoms with Crippen LogP contribution >= 0.6 is 0 Å². The number of carbonyl (C=O) groups excluding carboxylic acids is 2. The molecule has 0 N–H and O–H groups in total. The first-order valence-corrected chi connectivity index (χ1v) is 26.4. The van der Waals surface area contributed by atoms with Gasteiger partial charge in [-0.3, -0.25) is 9.59 Å². The summed E-state index contributed by atoms with van der Waals surface area (Å²) in [5, 5.41) is 0. The summed E-state index contributed by atoms with van der Waals surface area (Å²) in [4.78, 5) is 25.3. The highest BCUT2D eigenvalue weighted by atomic mass is 16.6. The number of allylic oxidation sites excluding steroid dienone is 18. The zero-order chi connectivity index (χ0) is 46.3. The van der Waals surface area contributed by atoms with Crippen molar-refractivity contribution in [1.82, 2.24) is 0 Å². The van der Waals surface area contributed by atoms with Gasteiger partial charge in [-0.15, -0.1) is 0 Å². The number of ether oxygens (including phenoxy) is 3. The van der Waals surface area contributed by atoms with E-state index in [1.165, 1.54) is 83.5 Å². The van der Waals surface area contributed by atoms with Crippen molar-refractivity contribution in [3.63, 3.8) is 0 Å². The Balaban J connectivity index is 4.32. The first-order chi connectivity index (χ1) is 31.6. The summed E-state index contributed by atoms with van der Waals surface area (Å²) < 4.78 is 17.3. The van der Waals surface area contributed by atoms with Crippen LogP contribution in [0.3, 0.4) is 0 Å². The molecule has 0 aliphatic heterocycles. The molecule has 0 fully saturated rings. The van der Waals surface area contributed by atoms with Gasteiger partial charge in [0, 0.05) is 19.4 Å². The quantitative estimate of drug-likeness (QED) is 0.0346. The SMILES string of the molecule is CC/C=C\C/C=C\C/C=C\C/C=C\C/C=C\C/C=C\CCCOCC(COC(=O)CCCCCCCC/C=C\C/C=C\C/C=C\CCCCC)OC(=O)CCCCCCCCCCC. The summed E-state index contributed by atoms with van der Waals surface area (Å²) >= 11 is 0. The molecule has 0 spiro atoms. The molecule has 0 saturated heterocycles. The van der Waals surface area contributed by atoms with Crippen molar-refractivity contribution in [3.05, 3.63) is 109 Å². The van der Waals surface area contributed by atoms with Crippen molar-refractivity contribution < 1.29 is 23.8 Å². The Hall–Kier alpha value is -3.44. The van der Waals surface area contributed by atoms with Crippen molar-refractivity contribution in [2.24, 2.45) is 0 Å². The molecule has 5 nitrogen and oxygen atoms in total. The monoisotopic (exact) mass is 887 g/mol. The molecular formula is C59H98O5. The largest absolute Gasteiger partial charge is 0.462 e. The highest BCUT2D eigenvalue weighted by molar-refractivity contribution is 5.70. The molecule has 1 atom stereocenters. The number of esters is 2. The topological polar surface area (TPSA) is 61.8 Å². The molecule has 5 heteroatoms. The molecule has 0 amide bonds. The second-order valence-corrected chi connectivity index (χ2v) is 17.0. The molecule has 0 aromatic carbocycles. The molecule has 64 heavy (non-hydrogen) atoms. The summed E-state index contributed by atoms with van der Waals surface area (Å²) in [6.07, 6.45) is 74.0. The minimum absolute atomic E-state index is 0.0506. The fourth-order valence-corrected chi connectivity index (χ4v) is 6.89. The van der Waals surface area contributed by atoms with Crippen LogP contribution in [0.15, 0.2) is 109 Å². The third-order valence-corrected chi connectivity index (χ3v) is 10.8.